The molecule has 1 fully saturated rings. The smallest absolute Gasteiger partial charge is 0.237 e. The van der Waals surface area contributed by atoms with Crippen molar-refractivity contribution in [2.24, 2.45) is 11.7 Å². The second-order valence-electron chi connectivity index (χ2n) is 5.67. The molecule has 0 heterocycles. The number of rotatable bonds is 6. The Bertz CT molecular complexity index is 395. The van der Waals surface area contributed by atoms with Crippen LogP contribution in [-0.2, 0) is 14.6 Å². The van der Waals surface area contributed by atoms with E-state index in [4.69, 9.17) is 5.73 Å². The van der Waals surface area contributed by atoms with Gasteiger partial charge in [-0.25, -0.2) is 8.42 Å². The maximum atomic E-state index is 11.9. The summed E-state index contributed by atoms with van der Waals surface area (Å²) in [5.74, 6) is 0.431. The summed E-state index contributed by atoms with van der Waals surface area (Å²) in [4.78, 5) is 11.9. The molecule has 3 N–H and O–H groups in total. The molecule has 3 atom stereocenters. The Morgan fingerprint density at radius 2 is 2.11 bits per heavy atom. The fraction of sp³-hybridized carbons (Fsp3) is 0.923. The first kappa shape index (κ1) is 16.4. The van der Waals surface area contributed by atoms with E-state index in [1.807, 2.05) is 0 Å². The van der Waals surface area contributed by atoms with Crippen molar-refractivity contribution >= 4 is 15.7 Å². The van der Waals surface area contributed by atoms with E-state index in [0.29, 0.717) is 5.92 Å². The highest BCUT2D eigenvalue weighted by atomic mass is 32.2. The summed E-state index contributed by atoms with van der Waals surface area (Å²) in [6.07, 6.45) is 6.89. The van der Waals surface area contributed by atoms with Crippen molar-refractivity contribution in [1.29, 1.82) is 0 Å². The van der Waals surface area contributed by atoms with Crippen LogP contribution in [0.4, 0.5) is 0 Å². The van der Waals surface area contributed by atoms with Crippen LogP contribution in [0.1, 0.15) is 45.4 Å². The number of carbonyl (C=O) groups excluding carboxylic acids is 1. The molecule has 1 aliphatic carbocycles. The fourth-order valence-electron chi connectivity index (χ4n) is 2.57. The van der Waals surface area contributed by atoms with Gasteiger partial charge >= 0.3 is 0 Å². The Balaban J connectivity index is 2.37. The zero-order chi connectivity index (χ0) is 14.5. The third kappa shape index (κ3) is 6.38. The van der Waals surface area contributed by atoms with Crippen molar-refractivity contribution in [2.45, 2.75) is 57.5 Å². The van der Waals surface area contributed by atoms with E-state index in [-0.39, 0.29) is 24.1 Å². The summed E-state index contributed by atoms with van der Waals surface area (Å²) >= 11 is 0. The van der Waals surface area contributed by atoms with Crippen LogP contribution in [0.2, 0.25) is 0 Å². The van der Waals surface area contributed by atoms with Crippen molar-refractivity contribution in [3.8, 4) is 0 Å². The van der Waals surface area contributed by atoms with Crippen LogP contribution >= 0.6 is 0 Å². The average molecular weight is 290 g/mol. The van der Waals surface area contributed by atoms with Gasteiger partial charge in [-0.2, -0.15) is 0 Å². The quantitative estimate of drug-likeness (QED) is 0.758. The van der Waals surface area contributed by atoms with Gasteiger partial charge in [-0.05, 0) is 25.2 Å². The molecular formula is C13H26N2O3S. The van der Waals surface area contributed by atoms with Gasteiger partial charge in [-0.3, -0.25) is 4.79 Å². The number of nitrogens with one attached hydrogen (secondary N) is 1. The van der Waals surface area contributed by atoms with Crippen molar-refractivity contribution in [2.75, 3.05) is 12.0 Å². The largest absolute Gasteiger partial charge is 0.352 e. The molecule has 3 unspecified atom stereocenters. The minimum absolute atomic E-state index is 0.0379. The van der Waals surface area contributed by atoms with E-state index in [1.54, 1.807) is 0 Å². The molecule has 0 spiro atoms. The summed E-state index contributed by atoms with van der Waals surface area (Å²) in [5, 5.41) is 2.96. The van der Waals surface area contributed by atoms with Crippen molar-refractivity contribution < 1.29 is 13.2 Å². The van der Waals surface area contributed by atoms with Gasteiger partial charge < -0.3 is 11.1 Å². The molecule has 0 aliphatic heterocycles. The Morgan fingerprint density at radius 1 is 1.42 bits per heavy atom. The second-order valence-corrected chi connectivity index (χ2v) is 7.93. The van der Waals surface area contributed by atoms with Gasteiger partial charge in [-0.1, -0.05) is 26.2 Å². The molecule has 1 rings (SSSR count). The molecule has 19 heavy (non-hydrogen) atoms. The van der Waals surface area contributed by atoms with Crippen LogP contribution in [0.3, 0.4) is 0 Å². The minimum atomic E-state index is -3.06. The van der Waals surface area contributed by atoms with Crippen molar-refractivity contribution in [1.82, 2.24) is 5.32 Å². The molecule has 0 aromatic rings. The van der Waals surface area contributed by atoms with Crippen LogP contribution in [0.15, 0.2) is 0 Å². The SMILES string of the molecule is CCC1CCCC(NC(=O)C(N)CCS(C)(=O)=O)C1. The lowest BCUT2D eigenvalue weighted by atomic mass is 9.84. The molecule has 1 aliphatic rings. The van der Waals surface area contributed by atoms with Gasteiger partial charge in [0.05, 0.1) is 11.8 Å². The summed E-state index contributed by atoms with van der Waals surface area (Å²) in [6.45, 7) is 2.17. The summed E-state index contributed by atoms with van der Waals surface area (Å²) in [5.41, 5.74) is 5.73. The Hall–Kier alpha value is -0.620. The van der Waals surface area contributed by atoms with Crippen LogP contribution in [-0.4, -0.2) is 38.4 Å². The Kier molecular flexibility index (Phi) is 6.26. The highest BCUT2D eigenvalue weighted by Crippen LogP contribution is 2.26. The topological polar surface area (TPSA) is 89.3 Å². The van der Waals surface area contributed by atoms with Gasteiger partial charge in [0.25, 0.3) is 0 Å². The highest BCUT2D eigenvalue weighted by Gasteiger charge is 2.24. The van der Waals surface area contributed by atoms with Gasteiger partial charge in [0.2, 0.25) is 5.91 Å². The molecule has 1 saturated carbocycles. The standard InChI is InChI=1S/C13H26N2O3S/c1-3-10-5-4-6-11(9-10)15-13(16)12(14)7-8-19(2,17)18/h10-12H,3-9,14H2,1-2H3,(H,15,16). The molecule has 5 nitrogen and oxygen atoms in total. The zero-order valence-corrected chi connectivity index (χ0v) is 12.7. The average Bonchev–Trinajstić information content (AvgIpc) is 2.35. The number of sulfone groups is 1. The monoisotopic (exact) mass is 290 g/mol. The number of hydrogen-bond acceptors (Lipinski definition) is 4. The lowest BCUT2D eigenvalue weighted by Gasteiger charge is -2.29. The van der Waals surface area contributed by atoms with Crippen molar-refractivity contribution in [3.63, 3.8) is 0 Å². The number of carbonyl (C=O) groups is 1. The van der Waals surface area contributed by atoms with Gasteiger partial charge in [-0.15, -0.1) is 0 Å². The normalized spacial score (nSPS) is 25.8. The first-order valence-corrected chi connectivity index (χ1v) is 9.11. The van der Waals surface area contributed by atoms with Crippen LogP contribution in [0.5, 0.6) is 0 Å². The maximum Gasteiger partial charge on any atom is 0.237 e. The summed E-state index contributed by atoms with van der Waals surface area (Å²) in [7, 11) is -3.06. The third-order valence-corrected chi connectivity index (χ3v) is 4.82. The summed E-state index contributed by atoms with van der Waals surface area (Å²) in [6, 6.07) is -0.521. The molecular weight excluding hydrogens is 264 g/mol. The number of amides is 1. The molecule has 0 aromatic carbocycles. The fourth-order valence-corrected chi connectivity index (χ4v) is 3.26. The Labute approximate surface area is 116 Å². The molecule has 0 aromatic heterocycles. The second kappa shape index (κ2) is 7.24. The predicted octanol–water partition coefficient (Wildman–Crippen LogP) is 0.833. The zero-order valence-electron chi connectivity index (χ0n) is 11.9. The van der Waals surface area contributed by atoms with E-state index < -0.39 is 15.9 Å². The predicted molar refractivity (Wildman–Crippen MR) is 76.5 cm³/mol. The lowest BCUT2D eigenvalue weighted by Crippen LogP contribution is -2.47. The van der Waals surface area contributed by atoms with Gasteiger partial charge in [0.15, 0.2) is 0 Å². The van der Waals surface area contributed by atoms with Crippen LogP contribution in [0.25, 0.3) is 0 Å². The first-order chi connectivity index (χ1) is 8.81. The lowest BCUT2D eigenvalue weighted by molar-refractivity contribution is -0.123. The Morgan fingerprint density at radius 3 is 2.68 bits per heavy atom. The third-order valence-electron chi connectivity index (χ3n) is 3.84. The molecule has 0 saturated heterocycles. The van der Waals surface area contributed by atoms with Gasteiger partial charge in [0.1, 0.15) is 9.84 Å². The van der Waals surface area contributed by atoms with Crippen molar-refractivity contribution in [3.05, 3.63) is 0 Å². The molecule has 1 amide bonds. The van der Waals surface area contributed by atoms with E-state index in [9.17, 15) is 13.2 Å². The van der Waals surface area contributed by atoms with Crippen LogP contribution in [0, 0.1) is 5.92 Å². The first-order valence-electron chi connectivity index (χ1n) is 7.05. The van der Waals surface area contributed by atoms with E-state index in [0.717, 1.165) is 31.9 Å². The highest BCUT2D eigenvalue weighted by molar-refractivity contribution is 7.90. The molecule has 6 heteroatoms. The molecule has 112 valence electrons. The van der Waals surface area contributed by atoms with Gasteiger partial charge in [0, 0.05) is 12.3 Å². The van der Waals surface area contributed by atoms with E-state index in [2.05, 4.69) is 12.2 Å². The molecule has 0 bridgehead atoms. The van der Waals surface area contributed by atoms with Crippen LogP contribution < -0.4 is 11.1 Å². The van der Waals surface area contributed by atoms with E-state index in [1.165, 1.54) is 6.42 Å². The maximum absolute atomic E-state index is 11.9. The molecule has 0 radical (unpaired) electrons. The summed E-state index contributed by atoms with van der Waals surface area (Å²) < 4.78 is 22.1. The minimum Gasteiger partial charge on any atom is -0.352 e. The number of hydrogen-bond donors (Lipinski definition) is 2. The number of nitrogens with two attached hydrogens (primary N) is 1. The van der Waals surface area contributed by atoms with E-state index >= 15 is 0 Å².